The number of amides is 1. The third-order valence-electron chi connectivity index (χ3n) is 4.68. The molecule has 0 bridgehead atoms. The first-order valence-corrected chi connectivity index (χ1v) is 10.2. The predicted molar refractivity (Wildman–Crippen MR) is 123 cm³/mol. The van der Waals surface area contributed by atoms with Gasteiger partial charge in [-0.15, -0.1) is 0 Å². The molecule has 1 aromatic heterocycles. The van der Waals surface area contributed by atoms with E-state index < -0.39 is 0 Å². The zero-order valence-corrected chi connectivity index (χ0v) is 18.4. The number of aryl methyl sites for hydroxylation is 1. The molecule has 1 N–H and O–H groups in total. The standard InChI is InChI=1S/C23H19ClN2O4S/c1-14-11-15(9-10-18(14)24)29-13-17-8-7-16(30-17)12-19-22(27)26(23(31)25-19)20-5-3-4-6-21(20)28-2/h3-12H,13H2,1-2H3,(H,25,31)/b19-12+. The summed E-state index contributed by atoms with van der Waals surface area (Å²) in [5, 5.41) is 3.90. The van der Waals surface area contributed by atoms with Crippen LogP contribution in [0.15, 0.2) is 64.7 Å². The minimum atomic E-state index is -0.291. The van der Waals surface area contributed by atoms with Crippen molar-refractivity contribution >= 4 is 46.6 Å². The van der Waals surface area contributed by atoms with Gasteiger partial charge in [0.05, 0.1) is 12.8 Å². The molecule has 6 nitrogen and oxygen atoms in total. The summed E-state index contributed by atoms with van der Waals surface area (Å²) in [6.45, 7) is 2.16. The number of para-hydroxylation sites is 2. The molecule has 0 unspecified atom stereocenters. The first kappa shape index (κ1) is 21.0. The topological polar surface area (TPSA) is 63.9 Å². The molecule has 2 heterocycles. The van der Waals surface area contributed by atoms with Crippen molar-refractivity contribution < 1.29 is 18.7 Å². The molecule has 0 spiro atoms. The molecule has 1 fully saturated rings. The van der Waals surface area contributed by atoms with E-state index in [1.807, 2.05) is 25.1 Å². The van der Waals surface area contributed by atoms with E-state index in [-0.39, 0.29) is 17.6 Å². The number of rotatable bonds is 6. The third-order valence-corrected chi connectivity index (χ3v) is 5.39. The average molecular weight is 455 g/mol. The minimum absolute atomic E-state index is 0.247. The van der Waals surface area contributed by atoms with Gasteiger partial charge in [0.15, 0.2) is 5.11 Å². The van der Waals surface area contributed by atoms with Crippen LogP contribution in [0.25, 0.3) is 6.08 Å². The van der Waals surface area contributed by atoms with Crippen LogP contribution in [0.1, 0.15) is 17.1 Å². The van der Waals surface area contributed by atoms with Gasteiger partial charge in [0.25, 0.3) is 5.91 Å². The number of halogens is 1. The summed E-state index contributed by atoms with van der Waals surface area (Å²) in [4.78, 5) is 14.3. The van der Waals surface area contributed by atoms with Crippen LogP contribution in [0.3, 0.4) is 0 Å². The van der Waals surface area contributed by atoms with Gasteiger partial charge in [-0.3, -0.25) is 4.79 Å². The number of nitrogens with zero attached hydrogens (tertiary/aromatic N) is 1. The lowest BCUT2D eigenvalue weighted by Crippen LogP contribution is -2.30. The van der Waals surface area contributed by atoms with Gasteiger partial charge < -0.3 is 19.2 Å². The Bertz CT molecular complexity index is 1190. The lowest BCUT2D eigenvalue weighted by Gasteiger charge is -2.17. The first-order chi connectivity index (χ1) is 15.0. The fraction of sp³-hybridized carbons (Fsp3) is 0.130. The van der Waals surface area contributed by atoms with Gasteiger partial charge in [-0.05, 0) is 67.2 Å². The van der Waals surface area contributed by atoms with E-state index in [9.17, 15) is 4.79 Å². The van der Waals surface area contributed by atoms with Gasteiger partial charge in [-0.1, -0.05) is 23.7 Å². The second kappa shape index (κ2) is 8.83. The van der Waals surface area contributed by atoms with Crippen LogP contribution in [-0.2, 0) is 11.4 Å². The van der Waals surface area contributed by atoms with Crippen molar-refractivity contribution in [3.63, 3.8) is 0 Å². The van der Waals surface area contributed by atoms with Gasteiger partial charge in [-0.25, -0.2) is 4.90 Å². The maximum atomic E-state index is 12.9. The van der Waals surface area contributed by atoms with Crippen molar-refractivity contribution in [1.82, 2.24) is 5.32 Å². The van der Waals surface area contributed by atoms with Crippen LogP contribution in [-0.4, -0.2) is 18.1 Å². The van der Waals surface area contributed by atoms with Crippen molar-refractivity contribution in [1.29, 1.82) is 0 Å². The van der Waals surface area contributed by atoms with Crippen LogP contribution in [0.2, 0.25) is 5.02 Å². The molecule has 3 aromatic rings. The number of carbonyl (C=O) groups excluding carboxylic acids is 1. The van der Waals surface area contributed by atoms with Crippen molar-refractivity contribution in [2.24, 2.45) is 0 Å². The lowest BCUT2D eigenvalue weighted by atomic mass is 10.2. The van der Waals surface area contributed by atoms with E-state index >= 15 is 0 Å². The van der Waals surface area contributed by atoms with Gasteiger partial charge >= 0.3 is 0 Å². The predicted octanol–water partition coefficient (Wildman–Crippen LogP) is 5.09. The Labute approximate surface area is 190 Å². The highest BCUT2D eigenvalue weighted by Gasteiger charge is 2.33. The highest BCUT2D eigenvalue weighted by atomic mass is 35.5. The highest BCUT2D eigenvalue weighted by molar-refractivity contribution is 7.80. The molecule has 1 aliphatic heterocycles. The van der Waals surface area contributed by atoms with Crippen LogP contribution in [0.5, 0.6) is 11.5 Å². The molecule has 0 saturated carbocycles. The number of carbonyl (C=O) groups is 1. The van der Waals surface area contributed by atoms with Crippen LogP contribution in [0, 0.1) is 6.92 Å². The maximum absolute atomic E-state index is 12.9. The van der Waals surface area contributed by atoms with Gasteiger partial charge in [0.1, 0.15) is 35.3 Å². The molecule has 0 aliphatic carbocycles. The Kier molecular flexibility index (Phi) is 5.97. The summed E-state index contributed by atoms with van der Waals surface area (Å²) >= 11 is 11.4. The molecule has 31 heavy (non-hydrogen) atoms. The van der Waals surface area contributed by atoms with E-state index in [1.165, 1.54) is 4.90 Å². The van der Waals surface area contributed by atoms with Crippen LogP contribution in [0.4, 0.5) is 5.69 Å². The monoisotopic (exact) mass is 454 g/mol. The molecular formula is C23H19ClN2O4S. The summed E-state index contributed by atoms with van der Waals surface area (Å²) < 4.78 is 16.9. The Morgan fingerprint density at radius 2 is 2.00 bits per heavy atom. The Morgan fingerprint density at radius 1 is 1.19 bits per heavy atom. The van der Waals surface area contributed by atoms with Crippen molar-refractivity contribution in [2.75, 3.05) is 12.0 Å². The molecule has 158 valence electrons. The largest absolute Gasteiger partial charge is 0.495 e. The molecule has 2 aromatic carbocycles. The number of thiocarbonyl (C=S) groups is 1. The molecule has 4 rings (SSSR count). The maximum Gasteiger partial charge on any atom is 0.281 e. The number of ether oxygens (including phenoxy) is 2. The average Bonchev–Trinajstić information content (AvgIpc) is 3.32. The normalized spacial score (nSPS) is 14.8. The van der Waals surface area contributed by atoms with Crippen molar-refractivity contribution in [3.05, 3.63) is 82.4 Å². The summed E-state index contributed by atoms with van der Waals surface area (Å²) in [5.41, 5.74) is 1.82. The smallest absolute Gasteiger partial charge is 0.281 e. The number of hydrogen-bond acceptors (Lipinski definition) is 5. The molecular weight excluding hydrogens is 436 g/mol. The lowest BCUT2D eigenvalue weighted by molar-refractivity contribution is -0.113. The quantitative estimate of drug-likeness (QED) is 0.413. The van der Waals surface area contributed by atoms with E-state index in [1.54, 1.807) is 49.6 Å². The van der Waals surface area contributed by atoms with Gasteiger partial charge in [0, 0.05) is 11.1 Å². The van der Waals surface area contributed by atoms with E-state index in [0.717, 1.165) is 5.56 Å². The van der Waals surface area contributed by atoms with Gasteiger partial charge in [0.2, 0.25) is 0 Å². The molecule has 0 atom stereocenters. The number of methoxy groups -OCH3 is 1. The molecule has 8 heteroatoms. The van der Waals surface area contributed by atoms with Crippen molar-refractivity contribution in [3.8, 4) is 11.5 Å². The van der Waals surface area contributed by atoms with Crippen LogP contribution >= 0.6 is 23.8 Å². The summed E-state index contributed by atoms with van der Waals surface area (Å²) in [7, 11) is 1.55. The van der Waals surface area contributed by atoms with E-state index in [4.69, 9.17) is 37.7 Å². The van der Waals surface area contributed by atoms with E-state index in [2.05, 4.69) is 5.32 Å². The summed E-state index contributed by atoms with van der Waals surface area (Å²) in [5.74, 6) is 2.08. The summed E-state index contributed by atoms with van der Waals surface area (Å²) in [6.07, 6.45) is 1.61. The fourth-order valence-electron chi connectivity index (χ4n) is 3.12. The SMILES string of the molecule is COc1ccccc1N1C(=O)/C(=C\c2ccc(COc3ccc(Cl)c(C)c3)o2)NC1=S. The number of hydrogen-bond donors (Lipinski definition) is 1. The molecule has 1 aliphatic rings. The Balaban J connectivity index is 1.48. The van der Waals surface area contributed by atoms with E-state index in [0.29, 0.717) is 39.4 Å². The third kappa shape index (κ3) is 4.42. The Hall–Kier alpha value is -3.29. The minimum Gasteiger partial charge on any atom is -0.495 e. The number of anilines is 1. The zero-order chi connectivity index (χ0) is 22.0. The zero-order valence-electron chi connectivity index (χ0n) is 16.8. The fourth-order valence-corrected chi connectivity index (χ4v) is 3.53. The molecule has 1 saturated heterocycles. The number of nitrogens with one attached hydrogen (secondary N) is 1. The summed E-state index contributed by atoms with van der Waals surface area (Å²) in [6, 6.07) is 16.2. The Morgan fingerprint density at radius 3 is 2.77 bits per heavy atom. The highest BCUT2D eigenvalue weighted by Crippen LogP contribution is 2.31. The molecule has 0 radical (unpaired) electrons. The van der Waals surface area contributed by atoms with Gasteiger partial charge in [-0.2, -0.15) is 0 Å². The first-order valence-electron chi connectivity index (χ1n) is 9.44. The molecule has 1 amide bonds. The van der Waals surface area contributed by atoms with Crippen LogP contribution < -0.4 is 19.7 Å². The second-order valence-electron chi connectivity index (χ2n) is 6.80. The van der Waals surface area contributed by atoms with Crippen molar-refractivity contribution in [2.45, 2.75) is 13.5 Å². The number of benzene rings is 2. The second-order valence-corrected chi connectivity index (χ2v) is 7.60. The number of furan rings is 1.